The molecule has 0 aliphatic carbocycles. The molecule has 25 heavy (non-hydrogen) atoms. The van der Waals surface area contributed by atoms with E-state index in [1.807, 2.05) is 0 Å². The molecule has 0 saturated heterocycles. The number of hydrogen-bond donors (Lipinski definition) is 1. The second-order valence-electron chi connectivity index (χ2n) is 5.14. The van der Waals surface area contributed by atoms with Crippen LogP contribution in [0.5, 0.6) is 11.5 Å². The topological polar surface area (TPSA) is 94.6 Å². The third-order valence-electron chi connectivity index (χ3n) is 3.38. The summed E-state index contributed by atoms with van der Waals surface area (Å²) in [6, 6.07) is 15.9. The molecular weight excluding hydrogens is 324 g/mol. The summed E-state index contributed by atoms with van der Waals surface area (Å²) in [6.45, 7) is 0.291. The monoisotopic (exact) mass is 338 g/mol. The first-order chi connectivity index (χ1) is 12.1. The smallest absolute Gasteiger partial charge is 0.269 e. The van der Waals surface area contributed by atoms with E-state index in [9.17, 15) is 14.9 Å². The van der Waals surface area contributed by atoms with Gasteiger partial charge in [-0.05, 0) is 42.5 Å². The average molecular weight is 338 g/mol. The second kappa shape index (κ2) is 7.31. The molecule has 0 bridgehead atoms. The first-order valence-corrected chi connectivity index (χ1v) is 7.45. The van der Waals surface area contributed by atoms with Crippen molar-refractivity contribution in [1.29, 1.82) is 0 Å². The predicted molar refractivity (Wildman–Crippen MR) is 89.5 cm³/mol. The van der Waals surface area contributed by atoms with Crippen molar-refractivity contribution >= 4 is 11.6 Å². The van der Waals surface area contributed by atoms with E-state index in [1.165, 1.54) is 24.3 Å². The Bertz CT molecular complexity index is 873. The molecule has 126 valence electrons. The Kier molecular flexibility index (Phi) is 4.75. The molecule has 0 aliphatic heterocycles. The number of nitrogens with one attached hydrogen (secondary N) is 1. The first-order valence-electron chi connectivity index (χ1n) is 7.45. The van der Waals surface area contributed by atoms with E-state index in [0.29, 0.717) is 29.4 Å². The van der Waals surface area contributed by atoms with E-state index in [-0.39, 0.29) is 11.6 Å². The summed E-state index contributed by atoms with van der Waals surface area (Å²) in [5.41, 5.74) is 0.421. The number of nitro groups is 1. The van der Waals surface area contributed by atoms with Crippen molar-refractivity contribution in [3.05, 3.63) is 88.4 Å². The molecule has 2 aromatic carbocycles. The van der Waals surface area contributed by atoms with Gasteiger partial charge in [-0.2, -0.15) is 0 Å². The molecule has 0 fully saturated rings. The molecule has 0 atom stereocenters. The Morgan fingerprint density at radius 1 is 1.08 bits per heavy atom. The third-order valence-corrected chi connectivity index (χ3v) is 3.38. The summed E-state index contributed by atoms with van der Waals surface area (Å²) in [7, 11) is 0. The van der Waals surface area contributed by atoms with Gasteiger partial charge in [0.15, 0.2) is 0 Å². The number of furan rings is 1. The summed E-state index contributed by atoms with van der Waals surface area (Å²) in [6.07, 6.45) is 1.54. The van der Waals surface area contributed by atoms with Crippen molar-refractivity contribution in [2.24, 2.45) is 0 Å². The van der Waals surface area contributed by atoms with Gasteiger partial charge in [0.2, 0.25) is 0 Å². The summed E-state index contributed by atoms with van der Waals surface area (Å²) in [5, 5.41) is 13.4. The van der Waals surface area contributed by atoms with E-state index in [2.05, 4.69) is 5.32 Å². The highest BCUT2D eigenvalue weighted by Crippen LogP contribution is 2.24. The van der Waals surface area contributed by atoms with Crippen LogP contribution in [0.2, 0.25) is 0 Å². The Balaban J connectivity index is 1.66. The van der Waals surface area contributed by atoms with Gasteiger partial charge < -0.3 is 14.5 Å². The summed E-state index contributed by atoms with van der Waals surface area (Å²) >= 11 is 0. The molecule has 0 radical (unpaired) electrons. The number of amides is 1. The third kappa shape index (κ3) is 4.23. The molecule has 3 aromatic rings. The zero-order chi connectivity index (χ0) is 17.6. The van der Waals surface area contributed by atoms with Gasteiger partial charge in [-0.25, -0.2) is 0 Å². The van der Waals surface area contributed by atoms with Gasteiger partial charge in [-0.3, -0.25) is 14.9 Å². The molecule has 0 unspecified atom stereocenters. The highest BCUT2D eigenvalue weighted by Gasteiger charge is 2.09. The number of nitrogens with zero attached hydrogens (tertiary/aromatic N) is 1. The number of carbonyl (C=O) groups is 1. The van der Waals surface area contributed by atoms with Crippen LogP contribution >= 0.6 is 0 Å². The van der Waals surface area contributed by atoms with Crippen LogP contribution in [0.3, 0.4) is 0 Å². The number of hydrogen-bond acceptors (Lipinski definition) is 5. The highest BCUT2D eigenvalue weighted by atomic mass is 16.6. The van der Waals surface area contributed by atoms with Gasteiger partial charge in [0.05, 0.1) is 17.7 Å². The Labute approximate surface area is 143 Å². The Morgan fingerprint density at radius 3 is 2.56 bits per heavy atom. The standard InChI is InChI=1S/C18H14N2O5/c21-18(19-12-17-5-2-10-24-17)13-3-1-4-16(11-13)25-15-8-6-14(7-9-15)20(22)23/h1-11H,12H2,(H,19,21). The van der Waals surface area contributed by atoms with Gasteiger partial charge in [0.1, 0.15) is 17.3 Å². The van der Waals surface area contributed by atoms with Crippen molar-refractivity contribution < 1.29 is 18.9 Å². The summed E-state index contributed by atoms with van der Waals surface area (Å²) in [4.78, 5) is 22.4. The van der Waals surface area contributed by atoms with Gasteiger partial charge >= 0.3 is 0 Å². The lowest BCUT2D eigenvalue weighted by molar-refractivity contribution is -0.384. The van der Waals surface area contributed by atoms with E-state index < -0.39 is 4.92 Å². The normalized spacial score (nSPS) is 10.2. The van der Waals surface area contributed by atoms with E-state index in [1.54, 1.807) is 42.7 Å². The molecule has 7 heteroatoms. The fraction of sp³-hybridized carbons (Fsp3) is 0.0556. The number of carbonyl (C=O) groups excluding carboxylic acids is 1. The molecular formula is C18H14N2O5. The molecule has 1 aromatic heterocycles. The molecule has 0 saturated carbocycles. The van der Waals surface area contributed by atoms with Crippen molar-refractivity contribution in [3.8, 4) is 11.5 Å². The van der Waals surface area contributed by atoms with Crippen LogP contribution in [0.1, 0.15) is 16.1 Å². The van der Waals surface area contributed by atoms with Gasteiger partial charge in [-0.15, -0.1) is 0 Å². The molecule has 7 nitrogen and oxygen atoms in total. The summed E-state index contributed by atoms with van der Waals surface area (Å²) < 4.78 is 10.8. The largest absolute Gasteiger partial charge is 0.467 e. The van der Waals surface area contributed by atoms with Crippen molar-refractivity contribution in [2.75, 3.05) is 0 Å². The minimum atomic E-state index is -0.478. The Hall–Kier alpha value is -3.61. The maximum absolute atomic E-state index is 12.2. The van der Waals surface area contributed by atoms with Crippen molar-refractivity contribution in [2.45, 2.75) is 6.54 Å². The predicted octanol–water partition coefficient (Wildman–Crippen LogP) is 3.91. The minimum Gasteiger partial charge on any atom is -0.467 e. The lowest BCUT2D eigenvalue weighted by Crippen LogP contribution is -2.22. The van der Waals surface area contributed by atoms with Gasteiger partial charge in [-0.1, -0.05) is 6.07 Å². The maximum Gasteiger partial charge on any atom is 0.269 e. The van der Waals surface area contributed by atoms with E-state index in [4.69, 9.17) is 9.15 Å². The van der Waals surface area contributed by atoms with E-state index >= 15 is 0 Å². The summed E-state index contributed by atoms with van der Waals surface area (Å²) in [5.74, 6) is 1.30. The quantitative estimate of drug-likeness (QED) is 0.543. The Morgan fingerprint density at radius 2 is 1.88 bits per heavy atom. The molecule has 1 N–H and O–H groups in total. The van der Waals surface area contributed by atoms with Crippen LogP contribution in [-0.2, 0) is 6.54 Å². The fourth-order valence-electron chi connectivity index (χ4n) is 2.16. The van der Waals surface area contributed by atoms with Crippen LogP contribution in [0, 0.1) is 10.1 Å². The van der Waals surface area contributed by atoms with Crippen LogP contribution in [0.15, 0.2) is 71.3 Å². The van der Waals surface area contributed by atoms with Crippen molar-refractivity contribution in [3.63, 3.8) is 0 Å². The molecule has 3 rings (SSSR count). The van der Waals surface area contributed by atoms with Crippen LogP contribution < -0.4 is 10.1 Å². The minimum absolute atomic E-state index is 0.0154. The number of non-ortho nitro benzene ring substituents is 1. The van der Waals surface area contributed by atoms with Crippen LogP contribution in [0.4, 0.5) is 5.69 Å². The number of rotatable bonds is 6. The molecule has 0 spiro atoms. The SMILES string of the molecule is O=C(NCc1ccco1)c1cccc(Oc2ccc([N+](=O)[O-])cc2)c1. The van der Waals surface area contributed by atoms with E-state index in [0.717, 1.165) is 0 Å². The maximum atomic E-state index is 12.2. The molecule has 1 amide bonds. The zero-order valence-electron chi connectivity index (χ0n) is 13.0. The van der Waals surface area contributed by atoms with Gasteiger partial charge in [0.25, 0.3) is 11.6 Å². The molecule has 0 aliphatic rings. The number of benzene rings is 2. The number of nitro benzene ring substituents is 1. The zero-order valence-corrected chi connectivity index (χ0v) is 13.0. The highest BCUT2D eigenvalue weighted by molar-refractivity contribution is 5.94. The first kappa shape index (κ1) is 16.3. The lowest BCUT2D eigenvalue weighted by atomic mass is 10.2. The van der Waals surface area contributed by atoms with Crippen LogP contribution in [-0.4, -0.2) is 10.8 Å². The average Bonchev–Trinajstić information content (AvgIpc) is 3.14. The number of ether oxygens (including phenoxy) is 1. The fourth-order valence-corrected chi connectivity index (χ4v) is 2.16. The lowest BCUT2D eigenvalue weighted by Gasteiger charge is -2.08. The van der Waals surface area contributed by atoms with Crippen molar-refractivity contribution in [1.82, 2.24) is 5.32 Å². The molecule has 1 heterocycles. The van der Waals surface area contributed by atoms with Gasteiger partial charge in [0, 0.05) is 17.7 Å². The van der Waals surface area contributed by atoms with Crippen LogP contribution in [0.25, 0.3) is 0 Å². The second-order valence-corrected chi connectivity index (χ2v) is 5.14.